The molecule has 1 amide bonds. The van der Waals surface area contributed by atoms with Crippen LogP contribution < -0.4 is 10.0 Å². The van der Waals surface area contributed by atoms with Gasteiger partial charge in [-0.1, -0.05) is 64.6 Å². The highest BCUT2D eigenvalue weighted by Gasteiger charge is 2.20. The average molecular weight is 504 g/mol. The van der Waals surface area contributed by atoms with Crippen LogP contribution in [0.4, 0.5) is 5.69 Å². The lowest BCUT2D eigenvalue weighted by Crippen LogP contribution is -2.25. The van der Waals surface area contributed by atoms with E-state index in [9.17, 15) is 13.2 Å². The molecule has 3 aromatic rings. The molecule has 0 radical (unpaired) electrons. The van der Waals surface area contributed by atoms with Gasteiger partial charge in [0.2, 0.25) is 0 Å². The summed E-state index contributed by atoms with van der Waals surface area (Å²) in [5, 5.41) is 3.85. The average Bonchev–Trinajstić information content (AvgIpc) is 2.69. The van der Waals surface area contributed by atoms with Crippen LogP contribution in [-0.2, 0) is 16.6 Å². The quantitative estimate of drug-likeness (QED) is 0.431. The van der Waals surface area contributed by atoms with Crippen LogP contribution in [0.3, 0.4) is 0 Å². The Bertz CT molecular complexity index is 1200. The molecule has 2 N–H and O–H groups in total. The van der Waals surface area contributed by atoms with E-state index < -0.39 is 15.9 Å². The minimum absolute atomic E-state index is 0.0746. The van der Waals surface area contributed by atoms with Gasteiger partial charge in [-0.15, -0.1) is 0 Å². The molecule has 0 bridgehead atoms. The number of amides is 1. The maximum absolute atomic E-state index is 12.7. The van der Waals surface area contributed by atoms with E-state index in [1.165, 1.54) is 30.3 Å². The summed E-state index contributed by atoms with van der Waals surface area (Å²) in [4.78, 5) is 12.6. The van der Waals surface area contributed by atoms with Crippen molar-refractivity contribution in [2.24, 2.45) is 0 Å². The van der Waals surface area contributed by atoms with E-state index in [4.69, 9.17) is 46.4 Å². The first-order valence-electron chi connectivity index (χ1n) is 8.47. The Morgan fingerprint density at radius 3 is 2.13 bits per heavy atom. The zero-order valence-corrected chi connectivity index (χ0v) is 19.0. The summed E-state index contributed by atoms with van der Waals surface area (Å²) < 4.78 is 27.9. The highest BCUT2D eigenvalue weighted by Crippen LogP contribution is 2.27. The minimum Gasteiger partial charge on any atom is -0.348 e. The van der Waals surface area contributed by atoms with Gasteiger partial charge in [0.1, 0.15) is 0 Å². The summed E-state index contributed by atoms with van der Waals surface area (Å²) >= 11 is 24.0. The number of rotatable bonds is 6. The Hall–Kier alpha value is -1.96. The number of carbonyl (C=O) groups is 1. The number of nitrogens with one attached hydrogen (secondary N) is 2. The Morgan fingerprint density at radius 1 is 0.800 bits per heavy atom. The molecule has 0 fully saturated rings. The molecule has 0 atom stereocenters. The number of hydrogen-bond donors (Lipinski definition) is 2. The number of para-hydroxylation sites is 1. The van der Waals surface area contributed by atoms with Gasteiger partial charge in [-0.2, -0.15) is 0 Å². The fraction of sp³-hybridized carbons (Fsp3) is 0.0500. The monoisotopic (exact) mass is 502 g/mol. The SMILES string of the molecule is O=C(NCc1c(Cl)cccc1Cl)c1ccccc1NS(=O)(=O)c1ccc(Cl)c(Cl)c1. The van der Waals surface area contributed by atoms with Crippen molar-refractivity contribution in [3.05, 3.63) is 91.9 Å². The van der Waals surface area contributed by atoms with E-state index in [1.54, 1.807) is 30.3 Å². The predicted molar refractivity (Wildman–Crippen MR) is 121 cm³/mol. The van der Waals surface area contributed by atoms with Crippen molar-refractivity contribution in [1.29, 1.82) is 0 Å². The Kier molecular flexibility index (Phi) is 7.16. The Labute approximate surface area is 194 Å². The molecule has 0 heterocycles. The van der Waals surface area contributed by atoms with Gasteiger partial charge in [0, 0.05) is 22.2 Å². The van der Waals surface area contributed by atoms with Crippen LogP contribution in [0.5, 0.6) is 0 Å². The van der Waals surface area contributed by atoms with Gasteiger partial charge in [0.25, 0.3) is 15.9 Å². The number of anilines is 1. The molecule has 0 aliphatic carbocycles. The molecule has 156 valence electrons. The number of halogens is 4. The third-order valence-corrected chi connectivity index (χ3v) is 6.92. The zero-order valence-electron chi connectivity index (χ0n) is 15.1. The second-order valence-electron chi connectivity index (χ2n) is 6.11. The van der Waals surface area contributed by atoms with Crippen LogP contribution in [0.25, 0.3) is 0 Å². The van der Waals surface area contributed by atoms with E-state index in [0.29, 0.717) is 15.6 Å². The first-order valence-corrected chi connectivity index (χ1v) is 11.5. The number of sulfonamides is 1. The van der Waals surface area contributed by atoms with Crippen molar-refractivity contribution in [1.82, 2.24) is 5.32 Å². The summed E-state index contributed by atoms with van der Waals surface area (Å²) in [6, 6.07) is 15.1. The van der Waals surface area contributed by atoms with Crippen molar-refractivity contribution in [2.75, 3.05) is 4.72 Å². The van der Waals surface area contributed by atoms with Gasteiger partial charge >= 0.3 is 0 Å². The summed E-state index contributed by atoms with van der Waals surface area (Å²) in [7, 11) is -4.00. The van der Waals surface area contributed by atoms with E-state index in [0.717, 1.165) is 0 Å². The molecule has 3 rings (SSSR count). The second-order valence-corrected chi connectivity index (χ2v) is 9.42. The first-order chi connectivity index (χ1) is 14.2. The standard InChI is InChI=1S/C20H14Cl4N2O3S/c21-15-5-3-6-16(22)14(15)11-25-20(27)13-4-1-2-7-19(13)26-30(28,29)12-8-9-17(23)18(24)10-12/h1-10,26H,11H2,(H,25,27). The summed E-state index contributed by atoms with van der Waals surface area (Å²) in [5.41, 5.74) is 0.790. The number of benzene rings is 3. The van der Waals surface area contributed by atoms with Crippen LogP contribution in [-0.4, -0.2) is 14.3 Å². The largest absolute Gasteiger partial charge is 0.348 e. The van der Waals surface area contributed by atoms with Gasteiger partial charge in [-0.25, -0.2) is 8.42 Å². The summed E-state index contributed by atoms with van der Waals surface area (Å²) in [6.07, 6.45) is 0. The molecule has 0 unspecified atom stereocenters. The third-order valence-electron chi connectivity index (χ3n) is 4.10. The van der Waals surface area contributed by atoms with Crippen LogP contribution in [0, 0.1) is 0 Å². The Morgan fingerprint density at radius 2 is 1.47 bits per heavy atom. The van der Waals surface area contributed by atoms with Crippen molar-refractivity contribution >= 4 is 68.0 Å². The summed E-state index contributed by atoms with van der Waals surface area (Å²) in [6.45, 7) is 0.0746. The smallest absolute Gasteiger partial charge is 0.261 e. The molecule has 0 saturated carbocycles. The topological polar surface area (TPSA) is 75.3 Å². The molecule has 30 heavy (non-hydrogen) atoms. The molecular formula is C20H14Cl4N2O3S. The lowest BCUT2D eigenvalue weighted by atomic mass is 10.1. The molecule has 0 aliphatic rings. The fourth-order valence-electron chi connectivity index (χ4n) is 2.58. The molecular weight excluding hydrogens is 490 g/mol. The Balaban J connectivity index is 1.83. The molecule has 0 saturated heterocycles. The van der Waals surface area contributed by atoms with Gasteiger partial charge in [0.05, 0.1) is 26.2 Å². The maximum Gasteiger partial charge on any atom is 0.261 e. The molecule has 0 aliphatic heterocycles. The second kappa shape index (κ2) is 9.45. The molecule has 0 aromatic heterocycles. The minimum atomic E-state index is -4.00. The molecule has 5 nitrogen and oxygen atoms in total. The maximum atomic E-state index is 12.7. The van der Waals surface area contributed by atoms with E-state index >= 15 is 0 Å². The van der Waals surface area contributed by atoms with Crippen molar-refractivity contribution in [3.8, 4) is 0 Å². The summed E-state index contributed by atoms with van der Waals surface area (Å²) in [5.74, 6) is -0.501. The highest BCUT2D eigenvalue weighted by atomic mass is 35.5. The van der Waals surface area contributed by atoms with E-state index in [2.05, 4.69) is 10.0 Å². The molecule has 0 spiro atoms. The fourth-order valence-corrected chi connectivity index (χ4v) is 4.58. The van der Waals surface area contributed by atoms with E-state index in [-0.39, 0.29) is 32.7 Å². The zero-order chi connectivity index (χ0) is 21.9. The third kappa shape index (κ3) is 5.20. The van der Waals surface area contributed by atoms with Gasteiger partial charge in [-0.05, 0) is 42.5 Å². The number of carbonyl (C=O) groups excluding carboxylic acids is 1. The van der Waals surface area contributed by atoms with Crippen molar-refractivity contribution in [2.45, 2.75) is 11.4 Å². The van der Waals surface area contributed by atoms with Crippen molar-refractivity contribution in [3.63, 3.8) is 0 Å². The first kappa shape index (κ1) is 22.7. The van der Waals surface area contributed by atoms with Crippen LogP contribution in [0.1, 0.15) is 15.9 Å². The van der Waals surface area contributed by atoms with E-state index in [1.807, 2.05) is 0 Å². The highest BCUT2D eigenvalue weighted by molar-refractivity contribution is 7.92. The lowest BCUT2D eigenvalue weighted by molar-refractivity contribution is 0.0952. The lowest BCUT2D eigenvalue weighted by Gasteiger charge is -2.14. The predicted octanol–water partition coefficient (Wildman–Crippen LogP) is 6.03. The van der Waals surface area contributed by atoms with Crippen LogP contribution in [0.2, 0.25) is 20.1 Å². The normalized spacial score (nSPS) is 11.2. The van der Waals surface area contributed by atoms with Gasteiger partial charge in [0.15, 0.2) is 0 Å². The van der Waals surface area contributed by atoms with Crippen LogP contribution in [0.15, 0.2) is 65.6 Å². The van der Waals surface area contributed by atoms with Gasteiger partial charge < -0.3 is 5.32 Å². The molecule has 3 aromatic carbocycles. The van der Waals surface area contributed by atoms with Crippen molar-refractivity contribution < 1.29 is 13.2 Å². The van der Waals surface area contributed by atoms with Gasteiger partial charge in [-0.3, -0.25) is 9.52 Å². The molecule has 10 heteroatoms. The number of hydrogen-bond acceptors (Lipinski definition) is 3. The van der Waals surface area contributed by atoms with Crippen LogP contribution >= 0.6 is 46.4 Å².